The van der Waals surface area contributed by atoms with Crippen LogP contribution in [0.1, 0.15) is 22.8 Å². The summed E-state index contributed by atoms with van der Waals surface area (Å²) in [6, 6.07) is 14.3. The maximum Gasteiger partial charge on any atom is 0.307 e. The lowest BCUT2D eigenvalue weighted by Crippen LogP contribution is -2.37. The molecule has 31 heavy (non-hydrogen) atoms. The molecule has 2 atom stereocenters. The van der Waals surface area contributed by atoms with Gasteiger partial charge in [-0.2, -0.15) is 0 Å². The second-order valence-electron chi connectivity index (χ2n) is 7.45. The summed E-state index contributed by atoms with van der Waals surface area (Å²) in [6.07, 6.45) is -1.29. The van der Waals surface area contributed by atoms with Crippen molar-refractivity contribution in [1.29, 1.82) is 0 Å². The number of morpholine rings is 1. The van der Waals surface area contributed by atoms with Crippen LogP contribution in [0.4, 0.5) is 4.39 Å². The lowest BCUT2D eigenvalue weighted by atomic mass is 9.93. The maximum absolute atomic E-state index is 13.9. The highest BCUT2D eigenvalue weighted by Gasteiger charge is 2.24. The highest BCUT2D eigenvalue weighted by molar-refractivity contribution is 7.82. The molecule has 0 saturated carbocycles. The third kappa shape index (κ3) is 4.83. The van der Waals surface area contributed by atoms with Crippen molar-refractivity contribution in [3.8, 4) is 0 Å². The molecule has 0 radical (unpaired) electrons. The van der Waals surface area contributed by atoms with Gasteiger partial charge in [-0.3, -0.25) is 4.79 Å². The van der Waals surface area contributed by atoms with Crippen molar-refractivity contribution in [3.63, 3.8) is 0 Å². The molecule has 2 N–H and O–H groups in total. The van der Waals surface area contributed by atoms with Crippen molar-refractivity contribution < 1.29 is 28.3 Å². The normalized spacial score (nSPS) is 16.8. The minimum absolute atomic E-state index is 0.202. The van der Waals surface area contributed by atoms with Crippen LogP contribution in [-0.2, 0) is 31.1 Å². The number of aliphatic hydroxyl groups is 1. The summed E-state index contributed by atoms with van der Waals surface area (Å²) in [4.78, 5) is 11.8. The first-order valence-electron chi connectivity index (χ1n) is 9.94. The number of halogens is 1. The molecule has 1 aliphatic heterocycles. The number of hydrogen-bond donors (Lipinski definition) is 2. The minimum atomic E-state index is -1.72. The summed E-state index contributed by atoms with van der Waals surface area (Å²) in [5.74, 6) is -1.43. The zero-order valence-corrected chi connectivity index (χ0v) is 17.6. The number of carboxylic acids is 1. The number of fused-ring (bicyclic) bond motifs is 1. The Bertz CT molecular complexity index is 1130. The van der Waals surface area contributed by atoms with Crippen LogP contribution in [0.5, 0.6) is 0 Å². The Morgan fingerprint density at radius 2 is 1.81 bits per heavy atom. The first-order valence-corrected chi connectivity index (χ1v) is 11.2. The number of aliphatic carboxylic acids is 1. The predicted octanol–water partition coefficient (Wildman–Crippen LogP) is 2.99. The SMILES string of the molecule is O=C(O)Cc1cc(C(O)c2ccc([SH+](=O)N3CCOCC3)cc2)c2cc(F)ccc2c1. The lowest BCUT2D eigenvalue weighted by molar-refractivity contribution is -0.136. The van der Waals surface area contributed by atoms with Gasteiger partial charge < -0.3 is 14.9 Å². The van der Waals surface area contributed by atoms with Crippen LogP contribution in [-0.4, -0.2) is 46.8 Å². The van der Waals surface area contributed by atoms with Crippen LogP contribution in [0.15, 0.2) is 59.5 Å². The molecular weight excluding hydrogens is 421 g/mol. The van der Waals surface area contributed by atoms with Crippen molar-refractivity contribution in [2.45, 2.75) is 17.4 Å². The molecule has 4 rings (SSSR count). The molecule has 0 aromatic heterocycles. The lowest BCUT2D eigenvalue weighted by Gasteiger charge is -2.20. The molecule has 1 aliphatic rings. The second kappa shape index (κ2) is 9.23. The van der Waals surface area contributed by atoms with Crippen LogP contribution in [0.2, 0.25) is 0 Å². The molecule has 1 heterocycles. The molecule has 0 bridgehead atoms. The van der Waals surface area contributed by atoms with Crippen LogP contribution < -0.4 is 0 Å². The van der Waals surface area contributed by atoms with Gasteiger partial charge in [0.05, 0.1) is 32.7 Å². The van der Waals surface area contributed by atoms with Gasteiger partial charge in [0.1, 0.15) is 11.9 Å². The third-order valence-corrected chi connectivity index (χ3v) is 6.99. The van der Waals surface area contributed by atoms with Gasteiger partial charge in [0.15, 0.2) is 15.9 Å². The van der Waals surface area contributed by atoms with Crippen molar-refractivity contribution in [2.75, 3.05) is 26.3 Å². The first-order chi connectivity index (χ1) is 14.9. The molecular formula is C23H23FNO5S+. The number of thiol groups is 1. The summed E-state index contributed by atoms with van der Waals surface area (Å²) in [5.41, 5.74) is 1.50. The molecule has 3 aromatic carbocycles. The number of rotatable bonds is 6. The molecule has 2 unspecified atom stereocenters. The molecule has 1 fully saturated rings. The number of hydrogen-bond acceptors (Lipinski definition) is 4. The quantitative estimate of drug-likeness (QED) is 0.451. The van der Waals surface area contributed by atoms with Crippen molar-refractivity contribution in [1.82, 2.24) is 4.31 Å². The Hall–Kier alpha value is -2.65. The smallest absolute Gasteiger partial charge is 0.307 e. The largest absolute Gasteiger partial charge is 0.481 e. The van der Waals surface area contributed by atoms with Crippen molar-refractivity contribution in [2.24, 2.45) is 0 Å². The van der Waals surface area contributed by atoms with E-state index in [0.29, 0.717) is 58.7 Å². The molecule has 0 amide bonds. The number of carbonyl (C=O) groups is 1. The highest BCUT2D eigenvalue weighted by atomic mass is 32.2. The molecule has 8 heteroatoms. The van der Waals surface area contributed by atoms with Crippen LogP contribution in [0.25, 0.3) is 10.8 Å². The van der Waals surface area contributed by atoms with Crippen LogP contribution in [0, 0.1) is 5.82 Å². The van der Waals surface area contributed by atoms with Gasteiger partial charge in [0, 0.05) is 0 Å². The molecule has 162 valence electrons. The van der Waals surface area contributed by atoms with E-state index >= 15 is 0 Å². The van der Waals surface area contributed by atoms with E-state index in [1.807, 2.05) is 4.31 Å². The minimum Gasteiger partial charge on any atom is -0.481 e. The van der Waals surface area contributed by atoms with E-state index in [2.05, 4.69) is 0 Å². The number of aliphatic hydroxyl groups excluding tert-OH is 1. The Kier molecular flexibility index (Phi) is 6.43. The Morgan fingerprint density at radius 1 is 1.10 bits per heavy atom. The van der Waals surface area contributed by atoms with Gasteiger partial charge in [-0.1, -0.05) is 34.5 Å². The molecule has 3 aromatic rings. The molecule has 6 nitrogen and oxygen atoms in total. The summed E-state index contributed by atoms with van der Waals surface area (Å²) < 4.78 is 33.8. The van der Waals surface area contributed by atoms with E-state index in [-0.39, 0.29) is 6.42 Å². The zero-order chi connectivity index (χ0) is 22.0. The number of ether oxygens (including phenoxy) is 1. The predicted molar refractivity (Wildman–Crippen MR) is 116 cm³/mol. The average Bonchev–Trinajstić information content (AvgIpc) is 2.78. The van der Waals surface area contributed by atoms with E-state index in [4.69, 9.17) is 9.84 Å². The van der Waals surface area contributed by atoms with E-state index in [0.717, 1.165) is 0 Å². The number of nitrogens with zero attached hydrogens (tertiary/aromatic N) is 1. The Morgan fingerprint density at radius 3 is 2.48 bits per heavy atom. The molecule has 1 saturated heterocycles. The fourth-order valence-corrected chi connectivity index (χ4v) is 5.05. The van der Waals surface area contributed by atoms with E-state index < -0.39 is 28.9 Å². The standard InChI is InChI=1S/C23H22FNO5S/c24-18-4-1-17-11-15(13-22(26)27)12-21(20(17)14-18)23(28)16-2-5-19(6-3-16)31(29)25-7-9-30-10-8-25/h1-6,11-12,14,23,28H,7-10,13H2,(H,26,27)/p+1. The Balaban J connectivity index is 1.66. The van der Waals surface area contributed by atoms with Gasteiger partial charge in [-0.05, 0) is 51.7 Å². The second-order valence-corrected chi connectivity index (χ2v) is 9.08. The van der Waals surface area contributed by atoms with Crippen LogP contribution >= 0.6 is 0 Å². The summed E-state index contributed by atoms with van der Waals surface area (Å²) in [6.45, 7) is 2.31. The van der Waals surface area contributed by atoms with E-state index in [1.165, 1.54) is 12.1 Å². The van der Waals surface area contributed by atoms with Gasteiger partial charge >= 0.3 is 5.97 Å². The van der Waals surface area contributed by atoms with Gasteiger partial charge in [0.25, 0.3) is 0 Å². The van der Waals surface area contributed by atoms with Crippen LogP contribution in [0.3, 0.4) is 0 Å². The van der Waals surface area contributed by atoms with Gasteiger partial charge in [-0.15, -0.1) is 4.31 Å². The van der Waals surface area contributed by atoms with Gasteiger partial charge in [-0.25, -0.2) is 4.39 Å². The first kappa shape index (κ1) is 21.6. The Labute approximate surface area is 181 Å². The number of carboxylic acid groups (broad SMARTS) is 1. The summed E-state index contributed by atoms with van der Waals surface area (Å²) in [5, 5.41) is 21.4. The fraction of sp³-hybridized carbons (Fsp3) is 0.261. The monoisotopic (exact) mass is 444 g/mol. The topological polar surface area (TPSA) is 87.1 Å². The van der Waals surface area contributed by atoms with Crippen molar-refractivity contribution >= 4 is 27.7 Å². The highest BCUT2D eigenvalue weighted by Crippen LogP contribution is 2.32. The van der Waals surface area contributed by atoms with Gasteiger partial charge in [0.2, 0.25) is 0 Å². The summed E-state index contributed by atoms with van der Waals surface area (Å²) in [7, 11) is -1.72. The molecule has 0 aliphatic carbocycles. The third-order valence-electron chi connectivity index (χ3n) is 5.33. The number of benzene rings is 3. The summed E-state index contributed by atoms with van der Waals surface area (Å²) >= 11 is 0. The maximum atomic E-state index is 13.9. The van der Waals surface area contributed by atoms with E-state index in [1.54, 1.807) is 42.5 Å². The van der Waals surface area contributed by atoms with E-state index in [9.17, 15) is 18.5 Å². The fourth-order valence-electron chi connectivity index (χ4n) is 3.79. The molecule has 0 spiro atoms. The zero-order valence-electron chi connectivity index (χ0n) is 16.7. The van der Waals surface area contributed by atoms with Crippen molar-refractivity contribution in [3.05, 3.63) is 77.1 Å². The average molecular weight is 445 g/mol.